The van der Waals surface area contributed by atoms with Crippen LogP contribution < -0.4 is 11.5 Å². The maximum atomic E-state index is 9.20. The third kappa shape index (κ3) is 2.15. The van der Waals surface area contributed by atoms with Crippen molar-refractivity contribution in [3.05, 3.63) is 0 Å². The van der Waals surface area contributed by atoms with E-state index in [9.17, 15) is 5.11 Å². The molecule has 3 atom stereocenters. The van der Waals surface area contributed by atoms with E-state index in [2.05, 4.69) is 0 Å². The quantitative estimate of drug-likeness (QED) is 0.496. The van der Waals surface area contributed by atoms with Gasteiger partial charge in [0.1, 0.15) is 6.23 Å². The summed E-state index contributed by atoms with van der Waals surface area (Å²) in [7, 11) is 0. The lowest BCUT2D eigenvalue weighted by molar-refractivity contribution is 0.0552. The molecule has 0 aromatic heterocycles. The summed E-state index contributed by atoms with van der Waals surface area (Å²) in [5.41, 5.74) is 11.0. The minimum Gasteiger partial charge on any atom is -0.379 e. The number of aliphatic hydroxyl groups excluding tert-OH is 1. The Morgan fingerprint density at radius 3 is 2.45 bits per heavy atom. The molecule has 1 aliphatic rings. The fourth-order valence-electron chi connectivity index (χ4n) is 1.98. The van der Waals surface area contributed by atoms with Crippen LogP contribution in [0.4, 0.5) is 0 Å². The number of nitrogens with two attached hydrogens (primary N) is 2. The van der Waals surface area contributed by atoms with Gasteiger partial charge in [0, 0.05) is 5.92 Å². The van der Waals surface area contributed by atoms with Gasteiger partial charge in [-0.05, 0) is 25.3 Å². The van der Waals surface area contributed by atoms with E-state index in [1.807, 2.05) is 0 Å². The van der Waals surface area contributed by atoms with E-state index < -0.39 is 6.23 Å². The lowest BCUT2D eigenvalue weighted by atomic mass is 9.78. The Morgan fingerprint density at radius 1 is 1.36 bits per heavy atom. The number of hydrogen-bond donors (Lipinski definition) is 3. The average molecular weight is 158 g/mol. The molecule has 0 aliphatic heterocycles. The van der Waals surface area contributed by atoms with Crippen LogP contribution in [0.3, 0.4) is 0 Å². The Balaban J connectivity index is 2.44. The summed E-state index contributed by atoms with van der Waals surface area (Å²) in [5, 5.41) is 9.20. The molecule has 3 heteroatoms. The molecule has 11 heavy (non-hydrogen) atoms. The van der Waals surface area contributed by atoms with E-state index in [0.717, 1.165) is 12.8 Å². The molecule has 0 bridgehead atoms. The van der Waals surface area contributed by atoms with Crippen molar-refractivity contribution >= 4 is 0 Å². The molecule has 5 N–H and O–H groups in total. The highest BCUT2D eigenvalue weighted by molar-refractivity contribution is 4.78. The predicted octanol–water partition coefficient (Wildman–Crippen LogP) is 0.0286. The standard InChI is InChI=1S/C8H18N2O/c9-5-6-3-1-2-4-7(6)8(10)11/h6-8,11H,1-5,9-10H2. The molecule has 1 saturated carbocycles. The van der Waals surface area contributed by atoms with Gasteiger partial charge in [0.05, 0.1) is 0 Å². The second-order valence-electron chi connectivity index (χ2n) is 3.43. The second-order valence-corrected chi connectivity index (χ2v) is 3.43. The van der Waals surface area contributed by atoms with Gasteiger partial charge in [-0.1, -0.05) is 12.8 Å². The van der Waals surface area contributed by atoms with Crippen LogP contribution in [0.25, 0.3) is 0 Å². The Kier molecular flexibility index (Phi) is 3.30. The van der Waals surface area contributed by atoms with E-state index in [1.54, 1.807) is 0 Å². The SMILES string of the molecule is NCC1CCCCC1C(N)O. The third-order valence-corrected chi connectivity index (χ3v) is 2.71. The van der Waals surface area contributed by atoms with Crippen molar-refractivity contribution in [3.63, 3.8) is 0 Å². The fraction of sp³-hybridized carbons (Fsp3) is 1.00. The van der Waals surface area contributed by atoms with E-state index in [4.69, 9.17) is 11.5 Å². The van der Waals surface area contributed by atoms with Crippen molar-refractivity contribution in [1.82, 2.24) is 0 Å². The van der Waals surface area contributed by atoms with Gasteiger partial charge in [-0.25, -0.2) is 0 Å². The zero-order valence-electron chi connectivity index (χ0n) is 6.87. The predicted molar refractivity (Wildman–Crippen MR) is 44.7 cm³/mol. The first-order valence-corrected chi connectivity index (χ1v) is 4.39. The molecule has 1 rings (SSSR count). The summed E-state index contributed by atoms with van der Waals surface area (Å²) in [4.78, 5) is 0. The molecule has 0 amide bonds. The molecule has 0 radical (unpaired) electrons. The average Bonchev–Trinajstić information content (AvgIpc) is 2.04. The molecule has 0 spiro atoms. The molecule has 1 fully saturated rings. The summed E-state index contributed by atoms with van der Waals surface area (Å²) < 4.78 is 0. The normalized spacial score (nSPS) is 35.2. The van der Waals surface area contributed by atoms with Crippen LogP contribution in [0.15, 0.2) is 0 Å². The van der Waals surface area contributed by atoms with Crippen molar-refractivity contribution in [2.24, 2.45) is 23.3 Å². The molecule has 0 saturated heterocycles. The Hall–Kier alpha value is -0.120. The molecule has 1 aliphatic carbocycles. The van der Waals surface area contributed by atoms with Crippen molar-refractivity contribution in [1.29, 1.82) is 0 Å². The monoisotopic (exact) mass is 158 g/mol. The van der Waals surface area contributed by atoms with E-state index in [1.165, 1.54) is 12.8 Å². The Labute approximate surface area is 67.8 Å². The van der Waals surface area contributed by atoms with Gasteiger partial charge in [0.2, 0.25) is 0 Å². The Morgan fingerprint density at radius 2 is 2.00 bits per heavy atom. The van der Waals surface area contributed by atoms with Crippen molar-refractivity contribution < 1.29 is 5.11 Å². The zero-order chi connectivity index (χ0) is 8.27. The number of rotatable bonds is 2. The molecular weight excluding hydrogens is 140 g/mol. The van der Waals surface area contributed by atoms with Gasteiger partial charge in [-0.2, -0.15) is 0 Å². The third-order valence-electron chi connectivity index (χ3n) is 2.71. The second kappa shape index (κ2) is 4.04. The highest BCUT2D eigenvalue weighted by Gasteiger charge is 2.27. The zero-order valence-corrected chi connectivity index (χ0v) is 6.87. The molecule has 3 unspecified atom stereocenters. The highest BCUT2D eigenvalue weighted by Crippen LogP contribution is 2.30. The minimum atomic E-state index is -0.663. The van der Waals surface area contributed by atoms with Crippen LogP contribution in [0.5, 0.6) is 0 Å². The molecule has 3 nitrogen and oxygen atoms in total. The lowest BCUT2D eigenvalue weighted by Gasteiger charge is -2.32. The van der Waals surface area contributed by atoms with E-state index in [0.29, 0.717) is 12.5 Å². The number of aliphatic hydroxyl groups is 1. The first-order valence-electron chi connectivity index (χ1n) is 4.39. The Bertz CT molecular complexity index is 117. The summed E-state index contributed by atoms with van der Waals surface area (Å²) in [6.45, 7) is 0.666. The van der Waals surface area contributed by atoms with Crippen LogP contribution in [0.2, 0.25) is 0 Å². The summed E-state index contributed by atoms with van der Waals surface area (Å²) in [6.07, 6.45) is 3.94. The van der Waals surface area contributed by atoms with Gasteiger partial charge >= 0.3 is 0 Å². The number of hydrogen-bond acceptors (Lipinski definition) is 3. The molecule has 0 aromatic carbocycles. The van der Waals surface area contributed by atoms with Crippen LogP contribution in [-0.4, -0.2) is 17.9 Å². The van der Waals surface area contributed by atoms with Gasteiger partial charge in [-0.15, -0.1) is 0 Å². The summed E-state index contributed by atoms with van der Waals surface area (Å²) in [5.74, 6) is 0.692. The van der Waals surface area contributed by atoms with E-state index in [-0.39, 0.29) is 5.92 Å². The maximum Gasteiger partial charge on any atom is 0.105 e. The topological polar surface area (TPSA) is 72.3 Å². The maximum absolute atomic E-state index is 9.20. The van der Waals surface area contributed by atoms with Crippen LogP contribution in [0.1, 0.15) is 25.7 Å². The van der Waals surface area contributed by atoms with Gasteiger partial charge in [0.15, 0.2) is 0 Å². The summed E-state index contributed by atoms with van der Waals surface area (Å²) in [6, 6.07) is 0. The van der Waals surface area contributed by atoms with Crippen LogP contribution in [-0.2, 0) is 0 Å². The van der Waals surface area contributed by atoms with E-state index >= 15 is 0 Å². The first kappa shape index (κ1) is 8.97. The van der Waals surface area contributed by atoms with Crippen LogP contribution in [0, 0.1) is 11.8 Å². The minimum absolute atomic E-state index is 0.244. The lowest BCUT2D eigenvalue weighted by Crippen LogP contribution is -2.39. The van der Waals surface area contributed by atoms with Crippen molar-refractivity contribution in [2.75, 3.05) is 6.54 Å². The molecule has 66 valence electrons. The smallest absolute Gasteiger partial charge is 0.105 e. The van der Waals surface area contributed by atoms with Gasteiger partial charge in [-0.3, -0.25) is 0 Å². The highest BCUT2D eigenvalue weighted by atomic mass is 16.3. The van der Waals surface area contributed by atoms with Gasteiger partial charge < -0.3 is 16.6 Å². The van der Waals surface area contributed by atoms with Crippen molar-refractivity contribution in [3.8, 4) is 0 Å². The van der Waals surface area contributed by atoms with Crippen LogP contribution >= 0.6 is 0 Å². The van der Waals surface area contributed by atoms with Gasteiger partial charge in [0.25, 0.3) is 0 Å². The largest absolute Gasteiger partial charge is 0.379 e. The molecular formula is C8H18N2O. The molecule has 0 aromatic rings. The molecule has 0 heterocycles. The fourth-order valence-corrected chi connectivity index (χ4v) is 1.98. The summed E-state index contributed by atoms with van der Waals surface area (Å²) >= 11 is 0. The van der Waals surface area contributed by atoms with Crippen molar-refractivity contribution in [2.45, 2.75) is 31.9 Å². The first-order chi connectivity index (χ1) is 5.25.